The van der Waals surface area contributed by atoms with E-state index >= 15 is 0 Å². The van der Waals surface area contributed by atoms with Crippen LogP contribution in [-0.2, 0) is 5.54 Å². The maximum absolute atomic E-state index is 12.9. The summed E-state index contributed by atoms with van der Waals surface area (Å²) in [4.78, 5) is 16.8. The Kier molecular flexibility index (Phi) is 4.08. The van der Waals surface area contributed by atoms with Crippen LogP contribution < -0.4 is 5.73 Å². The summed E-state index contributed by atoms with van der Waals surface area (Å²) in [5.41, 5.74) is 6.75. The molecule has 0 aromatic heterocycles. The Morgan fingerprint density at radius 2 is 1.73 bits per heavy atom. The van der Waals surface area contributed by atoms with Gasteiger partial charge in [0.25, 0.3) is 0 Å². The monoisotopic (exact) mass is 357 g/mol. The fourth-order valence-corrected chi connectivity index (χ4v) is 5.27. The molecule has 4 rings (SSSR count). The zero-order chi connectivity index (χ0) is 18.6. The molecule has 2 saturated carbocycles. The fourth-order valence-electron chi connectivity index (χ4n) is 5.27. The van der Waals surface area contributed by atoms with Gasteiger partial charge in [0.2, 0.25) is 0 Å². The lowest BCUT2D eigenvalue weighted by atomic mass is 9.66. The topological polar surface area (TPSA) is 69.8 Å². The van der Waals surface area contributed by atoms with Gasteiger partial charge >= 0.3 is 6.03 Å². The van der Waals surface area contributed by atoms with E-state index in [0.717, 1.165) is 44.9 Å². The van der Waals surface area contributed by atoms with E-state index in [2.05, 4.69) is 19.1 Å². The molecule has 1 aliphatic heterocycles. The number of benzene rings is 1. The lowest BCUT2D eigenvalue weighted by Crippen LogP contribution is -2.60. The van der Waals surface area contributed by atoms with Crippen molar-refractivity contribution < 1.29 is 9.90 Å². The molecule has 1 aromatic carbocycles. The summed E-state index contributed by atoms with van der Waals surface area (Å²) in [6, 6.07) is 10.5. The molecule has 3 fully saturated rings. The van der Waals surface area contributed by atoms with Gasteiger partial charge in [0, 0.05) is 12.6 Å². The van der Waals surface area contributed by atoms with Crippen molar-refractivity contribution in [2.24, 2.45) is 5.73 Å². The van der Waals surface area contributed by atoms with Gasteiger partial charge in [0.15, 0.2) is 0 Å². The van der Waals surface area contributed by atoms with Crippen molar-refractivity contribution in [3.63, 3.8) is 0 Å². The van der Waals surface area contributed by atoms with Crippen molar-refractivity contribution in [3.8, 4) is 0 Å². The number of carbonyl (C=O) groups is 1. The second-order valence-corrected chi connectivity index (χ2v) is 8.86. The zero-order valence-electron chi connectivity index (χ0n) is 15.9. The van der Waals surface area contributed by atoms with Gasteiger partial charge in [-0.3, -0.25) is 0 Å². The molecule has 1 heterocycles. The van der Waals surface area contributed by atoms with Gasteiger partial charge in [-0.15, -0.1) is 0 Å². The van der Waals surface area contributed by atoms with Crippen molar-refractivity contribution in [1.29, 1.82) is 0 Å². The first-order valence-electron chi connectivity index (χ1n) is 9.91. The van der Waals surface area contributed by atoms with Crippen LogP contribution in [0.15, 0.2) is 30.3 Å². The van der Waals surface area contributed by atoms with Crippen LogP contribution in [0.3, 0.4) is 0 Å². The molecule has 1 unspecified atom stereocenters. The molecule has 3 aliphatic rings. The Labute approximate surface area is 156 Å². The fraction of sp³-hybridized carbons (Fsp3) is 0.667. The summed E-state index contributed by atoms with van der Waals surface area (Å²) in [6.45, 7) is 2.61. The number of nitrogens with zero attached hydrogens (tertiary/aromatic N) is 2. The van der Waals surface area contributed by atoms with Gasteiger partial charge in [0.05, 0.1) is 23.7 Å². The number of amides is 2. The summed E-state index contributed by atoms with van der Waals surface area (Å²) in [6.07, 6.45) is 6.13. The van der Waals surface area contributed by atoms with E-state index in [9.17, 15) is 9.90 Å². The van der Waals surface area contributed by atoms with Crippen molar-refractivity contribution in [1.82, 2.24) is 9.80 Å². The number of hydrogen-bond acceptors (Lipinski definition) is 3. The number of β-amino-alcohol motifs (C(OH)–C–C–N with tert-alkyl or cyclic N) is 1. The Balaban J connectivity index is 1.59. The first-order valence-corrected chi connectivity index (χ1v) is 9.91. The smallest absolute Gasteiger partial charge is 0.320 e. The van der Waals surface area contributed by atoms with Crippen molar-refractivity contribution in [2.45, 2.75) is 74.6 Å². The minimum Gasteiger partial charge on any atom is -0.388 e. The minimum atomic E-state index is -0.690. The molecular weight excluding hydrogens is 326 g/mol. The normalized spacial score (nSPS) is 36.5. The van der Waals surface area contributed by atoms with Crippen LogP contribution in [0.5, 0.6) is 0 Å². The Morgan fingerprint density at radius 3 is 2.27 bits per heavy atom. The largest absolute Gasteiger partial charge is 0.388 e. The lowest BCUT2D eigenvalue weighted by Gasteiger charge is -2.51. The maximum Gasteiger partial charge on any atom is 0.320 e. The minimum absolute atomic E-state index is 0.0575. The standard InChI is InChI=1S/C21H31N3O2/c1-16-21(24(18(25)23(16)2)15-19(26)9-6-10-19)13-11-20(22,12-14-21)17-7-4-3-5-8-17/h3-5,7-8,16,26H,6,9-15,22H2,1-2H3. The van der Waals surface area contributed by atoms with E-state index in [1.807, 2.05) is 35.0 Å². The third-order valence-electron chi connectivity index (χ3n) is 7.52. The zero-order valence-corrected chi connectivity index (χ0v) is 15.9. The summed E-state index contributed by atoms with van der Waals surface area (Å²) in [5, 5.41) is 10.7. The molecule has 1 aromatic rings. The molecule has 5 heteroatoms. The molecule has 1 atom stereocenters. The number of likely N-dealkylation sites (N-methyl/N-ethyl adjacent to an activating group) is 1. The Morgan fingerprint density at radius 1 is 1.12 bits per heavy atom. The lowest BCUT2D eigenvalue weighted by molar-refractivity contribution is -0.0715. The molecule has 1 spiro atoms. The number of nitrogens with two attached hydrogens (primary N) is 1. The van der Waals surface area contributed by atoms with Crippen LogP contribution in [0, 0.1) is 0 Å². The average Bonchev–Trinajstić information content (AvgIpc) is 2.80. The summed E-state index contributed by atoms with van der Waals surface area (Å²) >= 11 is 0. The quantitative estimate of drug-likeness (QED) is 0.874. The number of hydrogen-bond donors (Lipinski definition) is 2. The van der Waals surface area contributed by atoms with Crippen LogP contribution >= 0.6 is 0 Å². The predicted molar refractivity (Wildman–Crippen MR) is 102 cm³/mol. The van der Waals surface area contributed by atoms with Gasteiger partial charge in [-0.25, -0.2) is 4.79 Å². The predicted octanol–water partition coefficient (Wildman–Crippen LogP) is 2.82. The second kappa shape index (κ2) is 5.96. The first kappa shape index (κ1) is 17.8. The van der Waals surface area contributed by atoms with Crippen LogP contribution in [-0.4, -0.2) is 51.7 Å². The molecule has 2 aliphatic carbocycles. The first-order chi connectivity index (χ1) is 12.3. The highest BCUT2D eigenvalue weighted by Gasteiger charge is 2.58. The molecule has 26 heavy (non-hydrogen) atoms. The van der Waals surface area contributed by atoms with E-state index in [-0.39, 0.29) is 23.2 Å². The molecular formula is C21H31N3O2. The van der Waals surface area contributed by atoms with E-state index < -0.39 is 5.60 Å². The van der Waals surface area contributed by atoms with Gasteiger partial charge in [0.1, 0.15) is 0 Å². The van der Waals surface area contributed by atoms with Crippen molar-refractivity contribution in [3.05, 3.63) is 35.9 Å². The highest BCUT2D eigenvalue weighted by Crippen LogP contribution is 2.49. The van der Waals surface area contributed by atoms with E-state index in [1.165, 1.54) is 5.56 Å². The average molecular weight is 357 g/mol. The Hall–Kier alpha value is -1.59. The van der Waals surface area contributed by atoms with Crippen LogP contribution in [0.25, 0.3) is 0 Å². The molecule has 1 saturated heterocycles. The molecule has 2 amide bonds. The number of aliphatic hydroxyl groups is 1. The van der Waals surface area contributed by atoms with Crippen molar-refractivity contribution >= 4 is 6.03 Å². The van der Waals surface area contributed by atoms with Crippen LogP contribution in [0.2, 0.25) is 0 Å². The molecule has 142 valence electrons. The van der Waals surface area contributed by atoms with Gasteiger partial charge in [-0.2, -0.15) is 0 Å². The third kappa shape index (κ3) is 2.55. The maximum atomic E-state index is 12.9. The number of carbonyl (C=O) groups excluding carboxylic acids is 1. The van der Waals surface area contributed by atoms with E-state index in [4.69, 9.17) is 5.73 Å². The van der Waals surface area contributed by atoms with Gasteiger partial charge in [-0.05, 0) is 57.4 Å². The number of urea groups is 1. The van der Waals surface area contributed by atoms with Gasteiger partial charge in [-0.1, -0.05) is 30.3 Å². The Bertz CT molecular complexity index is 678. The third-order valence-corrected chi connectivity index (χ3v) is 7.52. The van der Waals surface area contributed by atoms with Crippen LogP contribution in [0.4, 0.5) is 4.79 Å². The molecule has 3 N–H and O–H groups in total. The van der Waals surface area contributed by atoms with Gasteiger partial charge < -0.3 is 20.6 Å². The van der Waals surface area contributed by atoms with Crippen LogP contribution in [0.1, 0.15) is 57.4 Å². The summed E-state index contributed by atoms with van der Waals surface area (Å²) in [5.74, 6) is 0. The summed E-state index contributed by atoms with van der Waals surface area (Å²) in [7, 11) is 1.89. The van der Waals surface area contributed by atoms with E-state index in [0.29, 0.717) is 6.54 Å². The number of rotatable bonds is 3. The SMILES string of the molecule is CC1N(C)C(=O)N(CC2(O)CCC2)C12CCC(N)(c1ccccc1)CC2. The summed E-state index contributed by atoms with van der Waals surface area (Å²) < 4.78 is 0. The molecule has 0 bridgehead atoms. The molecule has 0 radical (unpaired) electrons. The molecule has 5 nitrogen and oxygen atoms in total. The highest BCUT2D eigenvalue weighted by molar-refractivity contribution is 5.79. The van der Waals surface area contributed by atoms with Crippen molar-refractivity contribution in [2.75, 3.05) is 13.6 Å². The second-order valence-electron chi connectivity index (χ2n) is 8.86. The highest BCUT2D eigenvalue weighted by atomic mass is 16.3. The van der Waals surface area contributed by atoms with E-state index in [1.54, 1.807) is 0 Å².